The first-order chi connectivity index (χ1) is 15.5. The Balaban J connectivity index is 1.95. The Morgan fingerprint density at radius 2 is 1.66 bits per heavy atom. The standard InChI is InChI=1S/C25H23NO5S/c1-4-15-10-12-16(13-11-15)26-22(19-9-6-14-32-19)21(24(28)25(26)29)23(27)20-17(30-2)7-5-8-18(20)31-3/h5-14,22,27H,4H2,1-3H3/b23-21+. The second-order valence-electron chi connectivity index (χ2n) is 7.24. The SMILES string of the molecule is CCc1ccc(N2C(=O)C(=O)/C(=C(/O)c3c(OC)cccc3OC)C2c2cccs2)cc1. The van der Waals surface area contributed by atoms with Crippen molar-refractivity contribution in [2.24, 2.45) is 0 Å². The van der Waals surface area contributed by atoms with E-state index in [4.69, 9.17) is 9.47 Å². The molecule has 1 aliphatic rings. The lowest BCUT2D eigenvalue weighted by atomic mass is 9.98. The number of nitrogens with zero attached hydrogens (tertiary/aromatic N) is 1. The topological polar surface area (TPSA) is 76.1 Å². The number of aryl methyl sites for hydroxylation is 1. The first-order valence-corrected chi connectivity index (χ1v) is 11.0. The minimum Gasteiger partial charge on any atom is -0.506 e. The molecule has 4 rings (SSSR count). The van der Waals surface area contributed by atoms with Gasteiger partial charge in [-0.05, 0) is 47.7 Å². The molecule has 2 heterocycles. The van der Waals surface area contributed by atoms with E-state index in [1.54, 1.807) is 18.2 Å². The van der Waals surface area contributed by atoms with E-state index in [1.165, 1.54) is 30.5 Å². The molecule has 2 aromatic carbocycles. The van der Waals surface area contributed by atoms with Crippen LogP contribution in [0.15, 0.2) is 65.6 Å². The van der Waals surface area contributed by atoms with Crippen molar-refractivity contribution >= 4 is 34.5 Å². The number of rotatable bonds is 6. The van der Waals surface area contributed by atoms with Crippen molar-refractivity contribution in [3.8, 4) is 11.5 Å². The maximum Gasteiger partial charge on any atom is 0.300 e. The van der Waals surface area contributed by atoms with Gasteiger partial charge in [-0.15, -0.1) is 11.3 Å². The Morgan fingerprint density at radius 1 is 1.00 bits per heavy atom. The first kappa shape index (κ1) is 21.6. The number of carbonyl (C=O) groups excluding carboxylic acids is 2. The molecule has 0 aliphatic carbocycles. The number of carbonyl (C=O) groups is 2. The number of Topliss-reactive ketones (excluding diaryl/α,β-unsaturated/α-hetero) is 1. The van der Waals surface area contributed by atoms with Crippen molar-refractivity contribution in [1.29, 1.82) is 0 Å². The molecule has 0 saturated carbocycles. The van der Waals surface area contributed by atoms with Crippen LogP contribution < -0.4 is 14.4 Å². The van der Waals surface area contributed by atoms with Gasteiger partial charge in [0.2, 0.25) is 0 Å². The van der Waals surface area contributed by atoms with Crippen LogP contribution in [0.5, 0.6) is 11.5 Å². The summed E-state index contributed by atoms with van der Waals surface area (Å²) >= 11 is 1.41. The van der Waals surface area contributed by atoms with Gasteiger partial charge >= 0.3 is 0 Å². The molecule has 6 nitrogen and oxygen atoms in total. The number of anilines is 1. The molecular formula is C25H23NO5S. The largest absolute Gasteiger partial charge is 0.506 e. The number of aliphatic hydroxyl groups is 1. The number of hydrogen-bond acceptors (Lipinski definition) is 6. The van der Waals surface area contributed by atoms with Crippen LogP contribution in [-0.2, 0) is 16.0 Å². The minimum absolute atomic E-state index is 0.000168. The third-order valence-corrected chi connectivity index (χ3v) is 6.47. The van der Waals surface area contributed by atoms with Gasteiger partial charge in [0.05, 0.1) is 19.8 Å². The summed E-state index contributed by atoms with van der Waals surface area (Å²) in [5, 5.41) is 13.2. The summed E-state index contributed by atoms with van der Waals surface area (Å²) in [5.41, 5.74) is 1.95. The molecule has 1 aliphatic heterocycles. The average Bonchev–Trinajstić information content (AvgIpc) is 3.45. The number of benzene rings is 2. The summed E-state index contributed by atoms with van der Waals surface area (Å²) in [6.45, 7) is 2.05. The number of thiophene rings is 1. The van der Waals surface area contributed by atoms with Gasteiger partial charge in [-0.3, -0.25) is 14.5 Å². The molecule has 1 fully saturated rings. The molecule has 1 aromatic heterocycles. The summed E-state index contributed by atoms with van der Waals surface area (Å²) in [6, 6.07) is 15.5. The summed E-state index contributed by atoms with van der Waals surface area (Å²) < 4.78 is 10.8. The van der Waals surface area contributed by atoms with Crippen LogP contribution in [0.4, 0.5) is 5.69 Å². The van der Waals surface area contributed by atoms with E-state index in [0.717, 1.165) is 16.9 Å². The van der Waals surface area contributed by atoms with Crippen molar-refractivity contribution < 1.29 is 24.2 Å². The molecule has 164 valence electrons. The fraction of sp³-hybridized carbons (Fsp3) is 0.200. The van der Waals surface area contributed by atoms with Crippen molar-refractivity contribution in [2.75, 3.05) is 19.1 Å². The minimum atomic E-state index is -0.767. The molecule has 1 atom stereocenters. The van der Waals surface area contributed by atoms with Crippen molar-refractivity contribution in [2.45, 2.75) is 19.4 Å². The highest BCUT2D eigenvalue weighted by Gasteiger charge is 2.48. The summed E-state index contributed by atoms with van der Waals surface area (Å²) in [4.78, 5) is 28.6. The molecular weight excluding hydrogens is 426 g/mol. The zero-order valence-electron chi connectivity index (χ0n) is 18.0. The number of aliphatic hydroxyl groups excluding tert-OH is 1. The molecule has 1 amide bonds. The van der Waals surface area contributed by atoms with Crippen LogP contribution in [0.3, 0.4) is 0 Å². The molecule has 3 aromatic rings. The maximum absolute atomic E-state index is 13.2. The van der Waals surface area contributed by atoms with Gasteiger partial charge in [0.15, 0.2) is 0 Å². The highest BCUT2D eigenvalue weighted by Crippen LogP contribution is 2.46. The van der Waals surface area contributed by atoms with E-state index in [-0.39, 0.29) is 16.9 Å². The maximum atomic E-state index is 13.2. The van der Waals surface area contributed by atoms with Crippen LogP contribution >= 0.6 is 11.3 Å². The van der Waals surface area contributed by atoms with Crippen LogP contribution in [0, 0.1) is 0 Å². The fourth-order valence-corrected chi connectivity index (χ4v) is 4.75. The number of methoxy groups -OCH3 is 2. The van der Waals surface area contributed by atoms with Gasteiger partial charge in [0.25, 0.3) is 11.7 Å². The van der Waals surface area contributed by atoms with Gasteiger partial charge in [-0.1, -0.05) is 31.2 Å². The van der Waals surface area contributed by atoms with Crippen molar-refractivity contribution in [1.82, 2.24) is 0 Å². The Bertz CT molecular complexity index is 1160. The van der Waals surface area contributed by atoms with E-state index in [1.807, 2.05) is 48.7 Å². The van der Waals surface area contributed by atoms with Gasteiger partial charge < -0.3 is 14.6 Å². The monoisotopic (exact) mass is 449 g/mol. The smallest absolute Gasteiger partial charge is 0.300 e. The van der Waals surface area contributed by atoms with Crippen molar-refractivity contribution in [3.63, 3.8) is 0 Å². The quantitative estimate of drug-likeness (QED) is 0.327. The lowest BCUT2D eigenvalue weighted by molar-refractivity contribution is -0.132. The van der Waals surface area contributed by atoms with E-state index in [9.17, 15) is 14.7 Å². The fourth-order valence-electron chi connectivity index (χ4n) is 3.93. The highest BCUT2D eigenvalue weighted by atomic mass is 32.1. The lowest BCUT2D eigenvalue weighted by Crippen LogP contribution is -2.29. The molecule has 32 heavy (non-hydrogen) atoms. The Kier molecular flexibility index (Phi) is 6.01. The second-order valence-corrected chi connectivity index (χ2v) is 8.22. The molecule has 7 heteroatoms. The second kappa shape index (κ2) is 8.88. The zero-order valence-corrected chi connectivity index (χ0v) is 18.8. The lowest BCUT2D eigenvalue weighted by Gasteiger charge is -2.24. The van der Waals surface area contributed by atoms with Gasteiger partial charge in [-0.25, -0.2) is 0 Å². The zero-order chi connectivity index (χ0) is 22.8. The summed E-state index contributed by atoms with van der Waals surface area (Å²) in [6.07, 6.45) is 0.862. The normalized spacial score (nSPS) is 17.6. The third kappa shape index (κ3) is 3.54. The van der Waals surface area contributed by atoms with Crippen molar-refractivity contribution in [3.05, 3.63) is 81.6 Å². The van der Waals surface area contributed by atoms with Crippen LogP contribution in [0.25, 0.3) is 5.76 Å². The van der Waals surface area contributed by atoms with Crippen LogP contribution in [-0.4, -0.2) is 31.0 Å². The van der Waals surface area contributed by atoms with E-state index in [0.29, 0.717) is 17.2 Å². The number of amides is 1. The van der Waals surface area contributed by atoms with Crippen LogP contribution in [0.2, 0.25) is 0 Å². The van der Waals surface area contributed by atoms with Gasteiger partial charge in [0.1, 0.15) is 28.9 Å². The highest BCUT2D eigenvalue weighted by molar-refractivity contribution is 7.10. The molecule has 1 N–H and O–H groups in total. The summed E-state index contributed by atoms with van der Waals surface area (Å²) in [5.74, 6) is -1.10. The van der Waals surface area contributed by atoms with Crippen LogP contribution in [0.1, 0.15) is 29.0 Å². The van der Waals surface area contributed by atoms with Gasteiger partial charge in [-0.2, -0.15) is 0 Å². The summed E-state index contributed by atoms with van der Waals surface area (Å²) in [7, 11) is 2.94. The molecule has 1 unspecified atom stereocenters. The average molecular weight is 450 g/mol. The Hall–Kier alpha value is -3.58. The number of ether oxygens (including phenoxy) is 2. The van der Waals surface area contributed by atoms with Gasteiger partial charge in [0, 0.05) is 10.6 Å². The predicted octanol–water partition coefficient (Wildman–Crippen LogP) is 4.95. The molecule has 0 radical (unpaired) electrons. The molecule has 0 bridgehead atoms. The molecule has 1 saturated heterocycles. The Morgan fingerprint density at radius 3 is 2.19 bits per heavy atom. The third-order valence-electron chi connectivity index (χ3n) is 5.54. The van der Waals surface area contributed by atoms with E-state index in [2.05, 4.69) is 0 Å². The number of hydrogen-bond donors (Lipinski definition) is 1. The molecule has 0 spiro atoms. The first-order valence-electron chi connectivity index (χ1n) is 10.2. The predicted molar refractivity (Wildman–Crippen MR) is 124 cm³/mol. The van der Waals surface area contributed by atoms with E-state index >= 15 is 0 Å². The van der Waals surface area contributed by atoms with E-state index < -0.39 is 17.7 Å². The Labute approximate surface area is 190 Å². The number of ketones is 1.